The number of halogens is 1. The average molecular weight is 238 g/mol. The van der Waals surface area contributed by atoms with Gasteiger partial charge in [-0.25, -0.2) is 4.39 Å². The number of hydrogen-bond acceptors (Lipinski definition) is 1. The molecule has 96 valence electrons. The summed E-state index contributed by atoms with van der Waals surface area (Å²) in [7, 11) is 0. The van der Waals surface area contributed by atoms with Gasteiger partial charge in [-0.2, -0.15) is 0 Å². The highest BCUT2D eigenvalue weighted by atomic mass is 19.1. The van der Waals surface area contributed by atoms with Crippen LogP contribution in [0.3, 0.4) is 0 Å². The Morgan fingerprint density at radius 1 is 1.24 bits per heavy atom. The van der Waals surface area contributed by atoms with Crippen molar-refractivity contribution in [3.05, 3.63) is 35.6 Å². The Morgan fingerprint density at radius 3 is 2.29 bits per heavy atom. The van der Waals surface area contributed by atoms with Gasteiger partial charge in [-0.3, -0.25) is 0 Å². The van der Waals surface area contributed by atoms with Crippen molar-refractivity contribution in [2.45, 2.75) is 46.6 Å². The van der Waals surface area contributed by atoms with Gasteiger partial charge >= 0.3 is 0 Å². The van der Waals surface area contributed by atoms with E-state index >= 15 is 0 Å². The summed E-state index contributed by atoms with van der Waals surface area (Å²) < 4.78 is 13.2. The van der Waals surface area contributed by atoms with Gasteiger partial charge in [-0.15, -0.1) is 0 Å². The molecule has 0 aliphatic rings. The van der Waals surface area contributed by atoms with Crippen LogP contribution in [0.15, 0.2) is 24.3 Å². The minimum Gasteiger partial charge on any atom is -0.385 e. The van der Waals surface area contributed by atoms with Crippen LogP contribution < -0.4 is 0 Å². The standard InChI is InChI=1S/C15H23FO/c1-11(2)10-14(3,4)15(5,17)12-7-6-8-13(16)9-12/h6-9,11,17H,10H2,1-5H3. The van der Waals surface area contributed by atoms with E-state index in [0.717, 1.165) is 6.42 Å². The first-order chi connectivity index (χ1) is 7.67. The molecule has 1 unspecified atom stereocenters. The van der Waals surface area contributed by atoms with E-state index in [-0.39, 0.29) is 11.2 Å². The molecule has 0 spiro atoms. The topological polar surface area (TPSA) is 20.2 Å². The molecule has 2 heteroatoms. The van der Waals surface area contributed by atoms with E-state index in [2.05, 4.69) is 13.8 Å². The summed E-state index contributed by atoms with van der Waals surface area (Å²) in [6.45, 7) is 10.1. The molecule has 1 N–H and O–H groups in total. The van der Waals surface area contributed by atoms with Crippen LogP contribution in [-0.4, -0.2) is 5.11 Å². The summed E-state index contributed by atoms with van der Waals surface area (Å²) in [5, 5.41) is 10.7. The molecule has 0 bridgehead atoms. The molecule has 1 atom stereocenters. The highest BCUT2D eigenvalue weighted by Gasteiger charge is 2.41. The molecule has 0 aliphatic carbocycles. The molecule has 17 heavy (non-hydrogen) atoms. The normalized spacial score (nSPS) is 16.0. The zero-order valence-corrected chi connectivity index (χ0v) is 11.4. The van der Waals surface area contributed by atoms with Crippen LogP contribution in [0, 0.1) is 17.2 Å². The molecular formula is C15H23FO. The molecule has 0 heterocycles. The first kappa shape index (κ1) is 14.2. The monoisotopic (exact) mass is 238 g/mol. The fourth-order valence-corrected chi connectivity index (χ4v) is 2.40. The van der Waals surface area contributed by atoms with Crippen molar-refractivity contribution >= 4 is 0 Å². The number of benzene rings is 1. The van der Waals surface area contributed by atoms with Crippen LogP contribution in [0.4, 0.5) is 4.39 Å². The molecule has 0 aromatic heterocycles. The molecule has 0 amide bonds. The second kappa shape index (κ2) is 4.77. The van der Waals surface area contributed by atoms with Gasteiger partial charge in [0.1, 0.15) is 5.82 Å². The van der Waals surface area contributed by atoms with Crippen molar-refractivity contribution in [3.63, 3.8) is 0 Å². The Labute approximate surface area is 104 Å². The second-order valence-electron chi connectivity index (χ2n) is 6.06. The van der Waals surface area contributed by atoms with Crippen LogP contribution in [0.5, 0.6) is 0 Å². The number of hydrogen-bond donors (Lipinski definition) is 1. The molecule has 1 rings (SSSR count). The van der Waals surface area contributed by atoms with Crippen LogP contribution in [0.1, 0.15) is 46.6 Å². The Balaban J connectivity index is 3.09. The Hall–Kier alpha value is -0.890. The number of rotatable bonds is 4. The lowest BCUT2D eigenvalue weighted by molar-refractivity contribution is -0.0676. The van der Waals surface area contributed by atoms with Crippen molar-refractivity contribution < 1.29 is 9.50 Å². The highest BCUT2D eigenvalue weighted by molar-refractivity contribution is 5.24. The molecule has 0 radical (unpaired) electrons. The van der Waals surface area contributed by atoms with Crippen LogP contribution in [0.2, 0.25) is 0 Å². The molecule has 0 saturated heterocycles. The van der Waals surface area contributed by atoms with Gasteiger partial charge in [0.05, 0.1) is 5.60 Å². The molecule has 0 aliphatic heterocycles. The Kier molecular flexibility index (Phi) is 3.98. The first-order valence-electron chi connectivity index (χ1n) is 6.15. The highest BCUT2D eigenvalue weighted by Crippen LogP contribution is 2.43. The Morgan fingerprint density at radius 2 is 1.82 bits per heavy atom. The zero-order valence-electron chi connectivity index (χ0n) is 11.4. The van der Waals surface area contributed by atoms with Crippen molar-refractivity contribution in [1.82, 2.24) is 0 Å². The Bertz CT molecular complexity index is 380. The molecule has 0 fully saturated rings. The minimum absolute atomic E-state index is 0.297. The van der Waals surface area contributed by atoms with Crippen LogP contribution in [-0.2, 0) is 5.60 Å². The van der Waals surface area contributed by atoms with Crippen molar-refractivity contribution in [1.29, 1.82) is 0 Å². The summed E-state index contributed by atoms with van der Waals surface area (Å²) in [5.41, 5.74) is -0.683. The largest absolute Gasteiger partial charge is 0.385 e. The van der Waals surface area contributed by atoms with E-state index in [1.807, 2.05) is 13.8 Å². The lowest BCUT2D eigenvalue weighted by atomic mass is 9.68. The molecule has 1 aromatic carbocycles. The van der Waals surface area contributed by atoms with Gasteiger partial charge in [0.15, 0.2) is 0 Å². The summed E-state index contributed by atoms with van der Waals surface area (Å²) >= 11 is 0. The summed E-state index contributed by atoms with van der Waals surface area (Å²) in [6.07, 6.45) is 0.885. The number of aliphatic hydroxyl groups is 1. The van der Waals surface area contributed by atoms with Gasteiger partial charge in [-0.1, -0.05) is 39.8 Å². The van der Waals surface area contributed by atoms with Crippen molar-refractivity contribution in [2.24, 2.45) is 11.3 Å². The molecule has 1 nitrogen and oxygen atoms in total. The quantitative estimate of drug-likeness (QED) is 0.837. The predicted octanol–water partition coefficient (Wildman–Crippen LogP) is 4.11. The fraction of sp³-hybridized carbons (Fsp3) is 0.600. The van der Waals surface area contributed by atoms with Gasteiger partial charge in [-0.05, 0) is 42.4 Å². The third-order valence-corrected chi connectivity index (χ3v) is 3.62. The van der Waals surface area contributed by atoms with Gasteiger partial charge in [0, 0.05) is 0 Å². The van der Waals surface area contributed by atoms with E-state index in [1.165, 1.54) is 12.1 Å². The van der Waals surface area contributed by atoms with Gasteiger partial charge in [0.25, 0.3) is 0 Å². The van der Waals surface area contributed by atoms with Crippen molar-refractivity contribution in [3.8, 4) is 0 Å². The molecule has 0 saturated carbocycles. The molecule has 1 aromatic rings. The lowest BCUT2D eigenvalue weighted by Crippen LogP contribution is -2.40. The maximum atomic E-state index is 13.2. The summed E-state index contributed by atoms with van der Waals surface area (Å²) in [4.78, 5) is 0. The van der Waals surface area contributed by atoms with E-state index in [0.29, 0.717) is 11.5 Å². The van der Waals surface area contributed by atoms with E-state index in [9.17, 15) is 9.50 Å². The average Bonchev–Trinajstić information content (AvgIpc) is 2.15. The smallest absolute Gasteiger partial charge is 0.123 e. The minimum atomic E-state index is -1.03. The van der Waals surface area contributed by atoms with Gasteiger partial charge in [0.2, 0.25) is 0 Å². The maximum absolute atomic E-state index is 13.2. The van der Waals surface area contributed by atoms with E-state index in [1.54, 1.807) is 19.1 Å². The lowest BCUT2D eigenvalue weighted by Gasteiger charge is -2.41. The van der Waals surface area contributed by atoms with Crippen molar-refractivity contribution in [2.75, 3.05) is 0 Å². The fourth-order valence-electron chi connectivity index (χ4n) is 2.40. The van der Waals surface area contributed by atoms with Crippen LogP contribution >= 0.6 is 0 Å². The SMILES string of the molecule is CC(C)CC(C)(C)C(C)(O)c1cccc(F)c1. The zero-order chi connectivity index (χ0) is 13.3. The predicted molar refractivity (Wildman–Crippen MR) is 69.2 cm³/mol. The van der Waals surface area contributed by atoms with E-state index < -0.39 is 5.60 Å². The summed E-state index contributed by atoms with van der Waals surface area (Å²) in [5.74, 6) is 0.188. The first-order valence-corrected chi connectivity index (χ1v) is 6.15. The third-order valence-electron chi connectivity index (χ3n) is 3.62. The van der Waals surface area contributed by atoms with Gasteiger partial charge < -0.3 is 5.11 Å². The molecular weight excluding hydrogens is 215 g/mol. The second-order valence-corrected chi connectivity index (χ2v) is 6.06. The van der Waals surface area contributed by atoms with E-state index in [4.69, 9.17) is 0 Å². The maximum Gasteiger partial charge on any atom is 0.123 e. The summed E-state index contributed by atoms with van der Waals surface area (Å²) in [6, 6.07) is 6.24. The van der Waals surface area contributed by atoms with Crippen LogP contribution in [0.25, 0.3) is 0 Å². The third kappa shape index (κ3) is 3.06.